The van der Waals surface area contributed by atoms with Crippen molar-refractivity contribution in [3.8, 4) is 0 Å². The molecule has 3 nitrogen and oxygen atoms in total. The van der Waals surface area contributed by atoms with E-state index in [1.165, 1.54) is 6.07 Å². The van der Waals surface area contributed by atoms with Gasteiger partial charge in [-0.15, -0.1) is 0 Å². The van der Waals surface area contributed by atoms with Gasteiger partial charge in [-0.05, 0) is 36.9 Å². The van der Waals surface area contributed by atoms with E-state index in [9.17, 15) is 13.6 Å². The zero-order chi connectivity index (χ0) is 13.2. The number of hydrogen-bond acceptors (Lipinski definition) is 2. The van der Waals surface area contributed by atoms with Crippen molar-refractivity contribution in [1.29, 1.82) is 0 Å². The summed E-state index contributed by atoms with van der Waals surface area (Å²) >= 11 is 0. The van der Waals surface area contributed by atoms with Crippen molar-refractivity contribution >= 4 is 5.91 Å². The molecule has 1 aliphatic carbocycles. The number of carbonyl (C=O) groups is 1. The van der Waals surface area contributed by atoms with Crippen LogP contribution >= 0.6 is 0 Å². The van der Waals surface area contributed by atoms with Gasteiger partial charge in [0.05, 0.1) is 6.42 Å². The molecule has 18 heavy (non-hydrogen) atoms. The Labute approximate surface area is 104 Å². The molecule has 1 aliphatic rings. The lowest BCUT2D eigenvalue weighted by Gasteiger charge is -2.13. The summed E-state index contributed by atoms with van der Waals surface area (Å²) in [7, 11) is 0. The van der Waals surface area contributed by atoms with Crippen LogP contribution in [0.5, 0.6) is 0 Å². The minimum Gasteiger partial charge on any atom is -0.355 e. The topological polar surface area (TPSA) is 55.1 Å². The number of carbonyl (C=O) groups excluding carboxylic acids is 1. The molecule has 1 saturated carbocycles. The molecule has 0 bridgehead atoms. The van der Waals surface area contributed by atoms with Crippen molar-refractivity contribution in [2.45, 2.75) is 19.3 Å². The standard InChI is InChI=1S/C13H16F2N2O/c14-10-2-1-3-11(15)9(10)6-12(18)17-8-13(7-16)4-5-13/h1-3H,4-8,16H2,(H,17,18). The summed E-state index contributed by atoms with van der Waals surface area (Å²) in [6.07, 6.45) is 1.72. The molecule has 98 valence electrons. The maximum atomic E-state index is 13.3. The molecule has 0 aromatic heterocycles. The summed E-state index contributed by atoms with van der Waals surface area (Å²) in [5.41, 5.74) is 5.41. The van der Waals surface area contributed by atoms with Gasteiger partial charge in [-0.2, -0.15) is 0 Å². The van der Waals surface area contributed by atoms with Crippen molar-refractivity contribution in [3.05, 3.63) is 35.4 Å². The Morgan fingerprint density at radius 3 is 2.44 bits per heavy atom. The van der Waals surface area contributed by atoms with Crippen LogP contribution in [0.15, 0.2) is 18.2 Å². The molecule has 2 rings (SSSR count). The van der Waals surface area contributed by atoms with E-state index in [1.807, 2.05) is 0 Å². The van der Waals surface area contributed by atoms with Crippen LogP contribution in [0.25, 0.3) is 0 Å². The quantitative estimate of drug-likeness (QED) is 0.833. The fraction of sp³-hybridized carbons (Fsp3) is 0.462. The molecule has 1 aromatic rings. The lowest BCUT2D eigenvalue weighted by molar-refractivity contribution is -0.120. The van der Waals surface area contributed by atoms with Crippen LogP contribution in [0.1, 0.15) is 18.4 Å². The van der Waals surface area contributed by atoms with E-state index in [0.29, 0.717) is 13.1 Å². The molecule has 3 N–H and O–H groups in total. The minimum atomic E-state index is -0.690. The molecule has 0 atom stereocenters. The first-order valence-corrected chi connectivity index (χ1v) is 5.96. The number of hydrogen-bond donors (Lipinski definition) is 2. The monoisotopic (exact) mass is 254 g/mol. The van der Waals surface area contributed by atoms with Gasteiger partial charge in [0.15, 0.2) is 0 Å². The van der Waals surface area contributed by atoms with Gasteiger partial charge in [0.25, 0.3) is 0 Å². The third-order valence-electron chi connectivity index (χ3n) is 3.45. The van der Waals surface area contributed by atoms with E-state index in [-0.39, 0.29) is 23.3 Å². The van der Waals surface area contributed by atoms with Crippen LogP contribution in [0.4, 0.5) is 8.78 Å². The molecule has 5 heteroatoms. The van der Waals surface area contributed by atoms with Crippen LogP contribution in [0, 0.1) is 17.0 Å². The third kappa shape index (κ3) is 2.85. The highest BCUT2D eigenvalue weighted by molar-refractivity contribution is 5.78. The van der Waals surface area contributed by atoms with E-state index >= 15 is 0 Å². The van der Waals surface area contributed by atoms with Crippen molar-refractivity contribution in [3.63, 3.8) is 0 Å². The lowest BCUT2D eigenvalue weighted by atomic mass is 10.1. The molecular formula is C13H16F2N2O. The SMILES string of the molecule is NCC1(CNC(=O)Cc2c(F)cccc2F)CC1. The normalized spacial score (nSPS) is 16.4. The Bertz CT molecular complexity index is 438. The van der Waals surface area contributed by atoms with E-state index in [2.05, 4.69) is 5.32 Å². The average Bonchev–Trinajstić information content (AvgIpc) is 3.12. The van der Waals surface area contributed by atoms with Gasteiger partial charge in [0.2, 0.25) is 5.91 Å². The molecule has 1 amide bonds. The van der Waals surface area contributed by atoms with Gasteiger partial charge in [0, 0.05) is 12.1 Å². The Kier molecular flexibility index (Phi) is 3.61. The highest BCUT2D eigenvalue weighted by atomic mass is 19.1. The first kappa shape index (κ1) is 13.0. The minimum absolute atomic E-state index is 0.0173. The number of benzene rings is 1. The number of amides is 1. The number of nitrogens with two attached hydrogens (primary N) is 1. The van der Waals surface area contributed by atoms with Gasteiger partial charge in [-0.3, -0.25) is 4.79 Å². The highest BCUT2D eigenvalue weighted by Gasteiger charge is 2.41. The molecule has 1 fully saturated rings. The molecule has 0 heterocycles. The predicted molar refractivity (Wildman–Crippen MR) is 63.8 cm³/mol. The molecule has 0 radical (unpaired) electrons. The summed E-state index contributed by atoms with van der Waals surface area (Å²) in [5, 5.41) is 2.69. The molecule has 0 aliphatic heterocycles. The Morgan fingerprint density at radius 2 is 1.94 bits per heavy atom. The molecule has 0 spiro atoms. The van der Waals surface area contributed by atoms with Crippen LogP contribution in [0.2, 0.25) is 0 Å². The van der Waals surface area contributed by atoms with Crippen molar-refractivity contribution in [2.24, 2.45) is 11.1 Å². The Balaban J connectivity index is 1.91. The van der Waals surface area contributed by atoms with Crippen LogP contribution < -0.4 is 11.1 Å². The maximum Gasteiger partial charge on any atom is 0.224 e. The highest BCUT2D eigenvalue weighted by Crippen LogP contribution is 2.43. The maximum absolute atomic E-state index is 13.3. The van der Waals surface area contributed by atoms with Gasteiger partial charge >= 0.3 is 0 Å². The first-order chi connectivity index (χ1) is 8.56. The molecule has 0 unspecified atom stereocenters. The number of rotatable bonds is 5. The molecule has 0 saturated heterocycles. The van der Waals surface area contributed by atoms with Crippen molar-refractivity contribution in [1.82, 2.24) is 5.32 Å². The smallest absolute Gasteiger partial charge is 0.224 e. The van der Waals surface area contributed by atoms with Crippen molar-refractivity contribution in [2.75, 3.05) is 13.1 Å². The van der Waals surface area contributed by atoms with Crippen LogP contribution in [-0.2, 0) is 11.2 Å². The van der Waals surface area contributed by atoms with E-state index in [1.54, 1.807) is 0 Å². The first-order valence-electron chi connectivity index (χ1n) is 5.96. The van der Waals surface area contributed by atoms with Gasteiger partial charge in [-0.25, -0.2) is 8.78 Å². The summed E-state index contributed by atoms with van der Waals surface area (Å²) in [4.78, 5) is 11.6. The van der Waals surface area contributed by atoms with E-state index in [4.69, 9.17) is 5.73 Å². The second-order valence-electron chi connectivity index (χ2n) is 4.86. The number of nitrogens with one attached hydrogen (secondary N) is 1. The van der Waals surface area contributed by atoms with E-state index < -0.39 is 11.6 Å². The Morgan fingerprint density at radius 1 is 1.33 bits per heavy atom. The lowest BCUT2D eigenvalue weighted by Crippen LogP contribution is -2.35. The fourth-order valence-corrected chi connectivity index (χ4v) is 1.84. The van der Waals surface area contributed by atoms with E-state index in [0.717, 1.165) is 25.0 Å². The zero-order valence-electron chi connectivity index (χ0n) is 10.0. The molecule has 1 aromatic carbocycles. The van der Waals surface area contributed by atoms with Crippen molar-refractivity contribution < 1.29 is 13.6 Å². The van der Waals surface area contributed by atoms with Crippen LogP contribution in [0.3, 0.4) is 0 Å². The third-order valence-corrected chi connectivity index (χ3v) is 3.45. The average molecular weight is 254 g/mol. The second-order valence-corrected chi connectivity index (χ2v) is 4.86. The van der Waals surface area contributed by atoms with Gasteiger partial charge in [-0.1, -0.05) is 6.07 Å². The van der Waals surface area contributed by atoms with Gasteiger partial charge < -0.3 is 11.1 Å². The largest absolute Gasteiger partial charge is 0.355 e. The van der Waals surface area contributed by atoms with Gasteiger partial charge in [0.1, 0.15) is 11.6 Å². The summed E-state index contributed by atoms with van der Waals surface area (Å²) < 4.78 is 26.6. The zero-order valence-corrected chi connectivity index (χ0v) is 10.0. The predicted octanol–water partition coefficient (Wildman–Crippen LogP) is 1.36. The Hall–Kier alpha value is -1.49. The molecular weight excluding hydrogens is 238 g/mol. The summed E-state index contributed by atoms with van der Waals surface area (Å²) in [6, 6.07) is 3.57. The summed E-state index contributed by atoms with van der Waals surface area (Å²) in [5.74, 6) is -1.76. The number of halogens is 2. The fourth-order valence-electron chi connectivity index (χ4n) is 1.84. The second kappa shape index (κ2) is 5.02. The summed E-state index contributed by atoms with van der Waals surface area (Å²) in [6.45, 7) is 1.01. The van der Waals surface area contributed by atoms with Crippen LogP contribution in [-0.4, -0.2) is 19.0 Å².